The molecule has 2 nitrogen and oxygen atoms in total. The fraction of sp³-hybridized carbons (Fsp3) is 0.500. The maximum absolute atomic E-state index is 5.05. The van der Waals surface area contributed by atoms with Gasteiger partial charge in [-0.2, -0.15) is 0 Å². The monoisotopic (exact) mass is 377 g/mol. The maximum atomic E-state index is 5.05. The SMILES string of the molecule is CC(=Nc1c(C(C)C)cccc1C(C)C)[N-]c1c(C(C)C)cccc1C(C)C. The maximum Gasteiger partial charge on any atom is -0.0216 e. The van der Waals surface area contributed by atoms with Crippen molar-refractivity contribution in [3.8, 4) is 0 Å². The van der Waals surface area contributed by atoms with E-state index in [9.17, 15) is 0 Å². The van der Waals surface area contributed by atoms with Gasteiger partial charge in [-0.1, -0.05) is 97.6 Å². The molecule has 2 heteroatoms. The van der Waals surface area contributed by atoms with Crippen molar-refractivity contribution in [2.24, 2.45) is 4.99 Å². The first-order chi connectivity index (χ1) is 13.1. The van der Waals surface area contributed by atoms with Crippen LogP contribution < -0.4 is 0 Å². The summed E-state index contributed by atoms with van der Waals surface area (Å²) in [5.41, 5.74) is 7.37. The molecule has 0 spiro atoms. The van der Waals surface area contributed by atoms with Gasteiger partial charge in [0.2, 0.25) is 0 Å². The summed E-state index contributed by atoms with van der Waals surface area (Å²) in [4.78, 5) is 5.05. The first-order valence-electron chi connectivity index (χ1n) is 10.7. The summed E-state index contributed by atoms with van der Waals surface area (Å²) in [5.74, 6) is 2.54. The van der Waals surface area contributed by atoms with Gasteiger partial charge >= 0.3 is 0 Å². The van der Waals surface area contributed by atoms with Crippen LogP contribution >= 0.6 is 0 Å². The van der Waals surface area contributed by atoms with Crippen LogP contribution in [0.5, 0.6) is 0 Å². The molecule has 0 bridgehead atoms. The predicted molar refractivity (Wildman–Crippen MR) is 125 cm³/mol. The molecule has 0 radical (unpaired) electrons. The molecular formula is C26H37N2-. The second-order valence-electron chi connectivity index (χ2n) is 8.96. The number of benzene rings is 2. The van der Waals surface area contributed by atoms with Crippen molar-refractivity contribution >= 4 is 17.2 Å². The van der Waals surface area contributed by atoms with Gasteiger partial charge < -0.3 is 10.3 Å². The van der Waals surface area contributed by atoms with Gasteiger partial charge in [0.1, 0.15) is 0 Å². The number of hydrogen-bond acceptors (Lipinski definition) is 1. The number of nitrogens with zero attached hydrogens (tertiary/aromatic N) is 2. The van der Waals surface area contributed by atoms with Gasteiger partial charge in [-0.3, -0.25) is 0 Å². The van der Waals surface area contributed by atoms with Crippen LogP contribution in [0.15, 0.2) is 41.4 Å². The van der Waals surface area contributed by atoms with Crippen molar-refractivity contribution in [2.75, 3.05) is 0 Å². The molecule has 0 atom stereocenters. The van der Waals surface area contributed by atoms with Crippen molar-refractivity contribution in [1.29, 1.82) is 0 Å². The Morgan fingerprint density at radius 1 is 0.643 bits per heavy atom. The molecule has 0 aliphatic rings. The molecule has 2 aromatic carbocycles. The minimum absolute atomic E-state index is 0.430. The van der Waals surface area contributed by atoms with Crippen LogP contribution in [0.3, 0.4) is 0 Å². The molecule has 0 amide bonds. The lowest BCUT2D eigenvalue weighted by Crippen LogP contribution is -2.00. The van der Waals surface area contributed by atoms with Gasteiger partial charge in [0.05, 0.1) is 0 Å². The Morgan fingerprint density at radius 3 is 1.36 bits per heavy atom. The first-order valence-corrected chi connectivity index (χ1v) is 10.7. The van der Waals surface area contributed by atoms with Crippen molar-refractivity contribution in [2.45, 2.75) is 86.0 Å². The number of hydrogen-bond donors (Lipinski definition) is 0. The zero-order valence-corrected chi connectivity index (χ0v) is 19.2. The van der Waals surface area contributed by atoms with Crippen molar-refractivity contribution in [3.05, 3.63) is 64.0 Å². The van der Waals surface area contributed by atoms with E-state index in [1.165, 1.54) is 22.3 Å². The van der Waals surface area contributed by atoms with Gasteiger partial charge in [0.15, 0.2) is 0 Å². The molecule has 0 saturated carbocycles. The minimum atomic E-state index is 0.430. The summed E-state index contributed by atoms with van der Waals surface area (Å²) in [5, 5.41) is 5.05. The van der Waals surface area contributed by atoms with Crippen LogP contribution in [0.2, 0.25) is 0 Å². The highest BCUT2D eigenvalue weighted by Crippen LogP contribution is 2.39. The second kappa shape index (κ2) is 9.41. The molecule has 0 unspecified atom stereocenters. The van der Waals surface area contributed by atoms with Crippen molar-refractivity contribution in [1.82, 2.24) is 0 Å². The standard InChI is InChI=1S/C26H37N2/c1-16(2)21-12-10-13-22(17(3)4)25(21)27-20(9)28-26-23(18(5)6)14-11-15-24(26)19(7)8/h10-19H,1-9H3/q-1. The van der Waals surface area contributed by atoms with E-state index in [4.69, 9.17) is 10.3 Å². The molecular weight excluding hydrogens is 340 g/mol. The van der Waals surface area contributed by atoms with Crippen LogP contribution in [0.1, 0.15) is 108 Å². The largest absolute Gasteiger partial charge is 0.440 e. The van der Waals surface area contributed by atoms with Gasteiger partial charge in [0.25, 0.3) is 0 Å². The van der Waals surface area contributed by atoms with Crippen LogP contribution in [0.4, 0.5) is 11.4 Å². The molecule has 0 heterocycles. The van der Waals surface area contributed by atoms with E-state index in [0.717, 1.165) is 17.2 Å². The molecule has 152 valence electrons. The van der Waals surface area contributed by atoms with Gasteiger partial charge in [-0.05, 0) is 64.2 Å². The Morgan fingerprint density at radius 2 is 1.00 bits per heavy atom. The number of rotatable bonds is 6. The summed E-state index contributed by atoms with van der Waals surface area (Å²) in [6.07, 6.45) is 0. The lowest BCUT2D eigenvalue weighted by molar-refractivity contribution is 0.834. The molecule has 0 fully saturated rings. The molecule has 2 rings (SSSR count). The average molecular weight is 378 g/mol. The van der Waals surface area contributed by atoms with Crippen molar-refractivity contribution < 1.29 is 0 Å². The van der Waals surface area contributed by atoms with E-state index in [2.05, 4.69) is 91.8 Å². The van der Waals surface area contributed by atoms with Gasteiger partial charge in [-0.15, -0.1) is 0 Å². The highest BCUT2D eigenvalue weighted by molar-refractivity contribution is 6.02. The Bertz CT molecular complexity index is 774. The Hall–Kier alpha value is -2.09. The van der Waals surface area contributed by atoms with Crippen LogP contribution in [0.25, 0.3) is 5.32 Å². The topological polar surface area (TPSA) is 26.5 Å². The smallest absolute Gasteiger partial charge is 0.0216 e. The summed E-state index contributed by atoms with van der Waals surface area (Å²) in [6.45, 7) is 19.9. The van der Waals surface area contributed by atoms with Crippen LogP contribution in [-0.2, 0) is 0 Å². The molecule has 2 aromatic rings. The number of para-hydroxylation sites is 2. The highest BCUT2D eigenvalue weighted by atomic mass is 15.0. The van der Waals surface area contributed by atoms with Crippen LogP contribution in [0, 0.1) is 0 Å². The highest BCUT2D eigenvalue weighted by Gasteiger charge is 2.12. The fourth-order valence-corrected chi connectivity index (χ4v) is 3.63. The fourth-order valence-electron chi connectivity index (χ4n) is 3.63. The average Bonchev–Trinajstić information content (AvgIpc) is 2.61. The van der Waals surface area contributed by atoms with Crippen molar-refractivity contribution in [3.63, 3.8) is 0 Å². The third-order valence-electron chi connectivity index (χ3n) is 5.23. The normalized spacial score (nSPS) is 12.5. The quantitative estimate of drug-likeness (QED) is 0.355. The van der Waals surface area contributed by atoms with E-state index in [-0.39, 0.29) is 0 Å². The Kier molecular flexibility index (Phi) is 7.46. The van der Waals surface area contributed by atoms with Gasteiger partial charge in [-0.25, -0.2) is 0 Å². The van der Waals surface area contributed by atoms with E-state index in [1.54, 1.807) is 0 Å². The van der Waals surface area contributed by atoms with E-state index in [1.807, 2.05) is 6.92 Å². The summed E-state index contributed by atoms with van der Waals surface area (Å²) >= 11 is 0. The third-order valence-corrected chi connectivity index (χ3v) is 5.23. The zero-order chi connectivity index (χ0) is 21.0. The summed E-state index contributed by atoms with van der Waals surface area (Å²) in [6, 6.07) is 13.1. The van der Waals surface area contributed by atoms with Crippen LogP contribution in [-0.4, -0.2) is 5.84 Å². The summed E-state index contributed by atoms with van der Waals surface area (Å²) in [7, 11) is 0. The molecule has 0 N–H and O–H groups in total. The predicted octanol–water partition coefficient (Wildman–Crippen LogP) is 8.94. The van der Waals surface area contributed by atoms with E-state index in [0.29, 0.717) is 23.7 Å². The lowest BCUT2D eigenvalue weighted by atomic mass is 9.92. The van der Waals surface area contributed by atoms with Gasteiger partial charge in [0, 0.05) is 0 Å². The first kappa shape index (κ1) is 22.2. The number of amidine groups is 1. The molecule has 0 aromatic heterocycles. The Balaban J connectivity index is 2.55. The summed E-state index contributed by atoms with van der Waals surface area (Å²) < 4.78 is 0. The second-order valence-corrected chi connectivity index (χ2v) is 8.96. The molecule has 0 aliphatic carbocycles. The lowest BCUT2D eigenvalue weighted by Gasteiger charge is -2.28. The Labute approximate surface area is 172 Å². The number of aliphatic imine (C=N–C) groups is 1. The zero-order valence-electron chi connectivity index (χ0n) is 19.2. The molecule has 0 saturated heterocycles. The van der Waals surface area contributed by atoms with E-state index < -0.39 is 0 Å². The molecule has 28 heavy (non-hydrogen) atoms. The minimum Gasteiger partial charge on any atom is -0.440 e. The molecule has 0 aliphatic heterocycles. The van der Waals surface area contributed by atoms with E-state index >= 15 is 0 Å². The third kappa shape index (κ3) is 5.04.